The molecule has 0 aromatic rings. The van der Waals surface area contributed by atoms with Crippen LogP contribution in [0, 0.1) is 0 Å². The summed E-state index contributed by atoms with van der Waals surface area (Å²) in [5.41, 5.74) is 0. The molecule has 0 atom stereocenters. The molecule has 0 heterocycles. The van der Waals surface area contributed by atoms with E-state index in [2.05, 4.69) is 0 Å². The van der Waals surface area contributed by atoms with Crippen LogP contribution in [0.25, 0.3) is 0 Å². The molecule has 0 aromatic carbocycles. The fourth-order valence-electron chi connectivity index (χ4n) is 0.154. The largest absolute Gasteiger partial charge is 0.334 e. The summed E-state index contributed by atoms with van der Waals surface area (Å²) in [4.78, 5) is 8.04. The lowest BCUT2D eigenvalue weighted by atomic mass is 10.3. The molecule has 9 heavy (non-hydrogen) atoms. The first-order chi connectivity index (χ1) is 3.89. The van der Waals surface area contributed by atoms with Gasteiger partial charge in [0.1, 0.15) is 0 Å². The number of hydrogen-bond donors (Lipinski definition) is 0. The highest BCUT2D eigenvalue weighted by Crippen LogP contribution is 2.26. The quantitative estimate of drug-likeness (QED) is 0.589. The van der Waals surface area contributed by atoms with Crippen LogP contribution in [0.1, 0.15) is 6.92 Å². The lowest BCUT2D eigenvalue weighted by molar-refractivity contribution is -0.138. The van der Waals surface area contributed by atoms with Gasteiger partial charge in [-0.1, -0.05) is 23.2 Å². The van der Waals surface area contributed by atoms with E-state index in [1.165, 1.54) is 0 Å². The Labute approximate surface area is 60.9 Å². The van der Waals surface area contributed by atoms with E-state index >= 15 is 0 Å². The second-order valence-corrected chi connectivity index (χ2v) is 2.58. The van der Waals surface area contributed by atoms with Crippen LogP contribution >= 0.6 is 23.2 Å². The number of ketones is 1. The maximum atomic E-state index is 12.1. The molecule has 0 bridgehead atoms. The smallest absolute Gasteiger partial charge is 0.293 e. The van der Waals surface area contributed by atoms with E-state index in [1.807, 2.05) is 0 Å². The van der Waals surface area contributed by atoms with Gasteiger partial charge in [0.05, 0.1) is 0 Å². The Bertz CT molecular complexity index is 124. The Hall–Kier alpha value is 0.110. The molecule has 5 heteroatoms. The first kappa shape index (κ1) is 9.11. The van der Waals surface area contributed by atoms with Crippen molar-refractivity contribution in [3.05, 3.63) is 0 Å². The molecule has 0 amide bonds. The lowest BCUT2D eigenvalue weighted by Gasteiger charge is -2.11. The van der Waals surface area contributed by atoms with Crippen molar-refractivity contribution in [3.8, 4) is 0 Å². The van der Waals surface area contributed by atoms with Crippen molar-refractivity contribution in [2.45, 2.75) is 17.7 Å². The number of hydrogen-bond acceptors (Lipinski definition) is 1. The van der Waals surface area contributed by atoms with Crippen molar-refractivity contribution in [1.29, 1.82) is 0 Å². The van der Waals surface area contributed by atoms with Crippen LogP contribution < -0.4 is 0 Å². The third-order valence-electron chi connectivity index (χ3n) is 0.743. The number of alkyl halides is 4. The molecule has 0 aliphatic heterocycles. The van der Waals surface area contributed by atoms with Crippen molar-refractivity contribution in [1.82, 2.24) is 0 Å². The Balaban J connectivity index is 4.19. The first-order valence-electron chi connectivity index (χ1n) is 2.06. The first-order valence-corrected chi connectivity index (χ1v) is 2.93. The summed E-state index contributed by atoms with van der Waals surface area (Å²) >= 11 is 9.52. The minimum Gasteiger partial charge on any atom is -0.293 e. The third-order valence-corrected chi connectivity index (χ3v) is 1.29. The number of carbonyl (C=O) groups excluding carboxylic acids is 1. The molecule has 0 saturated carbocycles. The normalized spacial score (nSPS) is 12.2. The average molecular weight is 177 g/mol. The van der Waals surface area contributed by atoms with Crippen LogP contribution in [0.4, 0.5) is 8.78 Å². The summed E-state index contributed by atoms with van der Waals surface area (Å²) in [6.45, 7) is 0.734. The zero-order valence-corrected chi connectivity index (χ0v) is 6.01. The van der Waals surface area contributed by atoms with Gasteiger partial charge in [0.25, 0.3) is 0 Å². The van der Waals surface area contributed by atoms with E-state index in [4.69, 9.17) is 23.2 Å². The van der Waals surface area contributed by atoms with Crippen LogP contribution in [-0.4, -0.2) is 16.5 Å². The van der Waals surface area contributed by atoms with Crippen LogP contribution in [0.3, 0.4) is 0 Å². The predicted octanol–water partition coefficient (Wildman–Crippen LogP) is 2.01. The summed E-state index contributed by atoms with van der Waals surface area (Å²) in [5.74, 6) is -4.93. The van der Waals surface area contributed by atoms with Gasteiger partial charge in [-0.25, -0.2) is 0 Å². The number of carbonyl (C=O) groups is 1. The van der Waals surface area contributed by atoms with E-state index < -0.39 is 16.5 Å². The van der Waals surface area contributed by atoms with Crippen LogP contribution in [0.15, 0.2) is 0 Å². The van der Waals surface area contributed by atoms with Gasteiger partial charge >= 0.3 is 5.92 Å². The Kier molecular flexibility index (Phi) is 2.83. The summed E-state index contributed by atoms with van der Waals surface area (Å²) in [6.07, 6.45) is 0. The molecule has 0 N–H and O–H groups in total. The zero-order chi connectivity index (χ0) is 7.65. The molecule has 0 unspecified atom stereocenters. The second-order valence-electron chi connectivity index (χ2n) is 1.48. The highest BCUT2D eigenvalue weighted by molar-refractivity contribution is 6.46. The molecule has 0 fully saturated rings. The fraction of sp³-hybridized carbons (Fsp3) is 0.750. The minimum absolute atomic E-state index is 0.734. The van der Waals surface area contributed by atoms with Crippen LogP contribution in [0.2, 0.25) is 0 Å². The topological polar surface area (TPSA) is 17.1 Å². The van der Waals surface area contributed by atoms with Gasteiger partial charge < -0.3 is 0 Å². The molecule has 0 aliphatic rings. The number of Topliss-reactive ketones (excluding diaryl/α,β-unsaturated/α-hetero) is 1. The van der Waals surface area contributed by atoms with Crippen molar-refractivity contribution < 1.29 is 13.6 Å². The van der Waals surface area contributed by atoms with Crippen molar-refractivity contribution in [2.75, 3.05) is 0 Å². The average Bonchev–Trinajstić information content (AvgIpc) is 1.65. The van der Waals surface area contributed by atoms with E-state index in [1.54, 1.807) is 0 Å². The van der Waals surface area contributed by atoms with Gasteiger partial charge in [-0.15, -0.1) is 0 Å². The van der Waals surface area contributed by atoms with Gasteiger partial charge in [-0.3, -0.25) is 4.79 Å². The van der Waals surface area contributed by atoms with Crippen molar-refractivity contribution in [2.24, 2.45) is 0 Å². The number of halogens is 4. The summed E-state index contributed by atoms with van der Waals surface area (Å²) < 4.78 is 24.1. The molecular formula is C4H4Cl2F2O. The Morgan fingerprint density at radius 1 is 1.56 bits per heavy atom. The Morgan fingerprint density at radius 2 is 1.89 bits per heavy atom. The van der Waals surface area contributed by atoms with Gasteiger partial charge in [0, 0.05) is 6.92 Å². The molecule has 0 spiro atoms. The summed E-state index contributed by atoms with van der Waals surface area (Å²) in [7, 11) is 0. The van der Waals surface area contributed by atoms with Crippen molar-refractivity contribution in [3.63, 3.8) is 0 Å². The monoisotopic (exact) mass is 176 g/mol. The molecule has 0 rings (SSSR count). The lowest BCUT2D eigenvalue weighted by Crippen LogP contribution is -2.33. The molecular weight excluding hydrogens is 173 g/mol. The molecule has 0 aromatic heterocycles. The maximum absolute atomic E-state index is 12.1. The molecule has 1 nitrogen and oxygen atoms in total. The summed E-state index contributed by atoms with van der Waals surface area (Å²) in [5, 5.41) is 0. The number of rotatable bonds is 2. The minimum atomic E-state index is -3.61. The van der Waals surface area contributed by atoms with Gasteiger partial charge in [-0.05, 0) is 0 Å². The standard InChI is InChI=1S/C4H4Cl2F2O/c1-2(9)4(7,8)3(5)6/h3H,1H3. The molecule has 0 aliphatic carbocycles. The van der Waals surface area contributed by atoms with Gasteiger partial charge in [0.15, 0.2) is 4.84 Å². The molecule has 0 saturated heterocycles. The fourth-order valence-corrected chi connectivity index (χ4v) is 0.461. The highest BCUT2D eigenvalue weighted by Gasteiger charge is 2.42. The zero-order valence-electron chi connectivity index (χ0n) is 4.50. The maximum Gasteiger partial charge on any atom is 0.334 e. The van der Waals surface area contributed by atoms with Crippen molar-refractivity contribution >= 4 is 29.0 Å². The van der Waals surface area contributed by atoms with Crippen LogP contribution in [0.5, 0.6) is 0 Å². The van der Waals surface area contributed by atoms with E-state index in [0.29, 0.717) is 0 Å². The highest BCUT2D eigenvalue weighted by atomic mass is 35.5. The summed E-state index contributed by atoms with van der Waals surface area (Å²) in [6, 6.07) is 0. The third kappa shape index (κ3) is 2.06. The van der Waals surface area contributed by atoms with E-state index in [9.17, 15) is 13.6 Å². The van der Waals surface area contributed by atoms with Gasteiger partial charge in [-0.2, -0.15) is 8.78 Å². The predicted molar refractivity (Wildman–Crippen MR) is 31.1 cm³/mol. The second kappa shape index (κ2) is 2.80. The molecule has 0 radical (unpaired) electrons. The van der Waals surface area contributed by atoms with E-state index in [0.717, 1.165) is 6.92 Å². The van der Waals surface area contributed by atoms with Gasteiger partial charge in [0.2, 0.25) is 5.78 Å². The Morgan fingerprint density at radius 3 is 1.89 bits per heavy atom. The molecule has 54 valence electrons. The van der Waals surface area contributed by atoms with E-state index in [-0.39, 0.29) is 0 Å². The van der Waals surface area contributed by atoms with Crippen LogP contribution in [-0.2, 0) is 4.79 Å². The SMILES string of the molecule is CC(=O)C(F)(F)C(Cl)Cl.